The van der Waals surface area contributed by atoms with E-state index in [4.69, 9.17) is 11.6 Å². The highest BCUT2D eigenvalue weighted by atomic mass is 79.9. The average molecular weight is 346 g/mol. The highest BCUT2D eigenvalue weighted by molar-refractivity contribution is 9.10. The monoisotopic (exact) mass is 344 g/mol. The molecule has 19 heavy (non-hydrogen) atoms. The van der Waals surface area contributed by atoms with Crippen LogP contribution >= 0.6 is 27.5 Å². The molecule has 1 aliphatic rings. The lowest BCUT2D eigenvalue weighted by Crippen LogP contribution is -2.48. The zero-order chi connectivity index (χ0) is 13.8. The Hall–Kier alpha value is -0.580. The highest BCUT2D eigenvalue weighted by Gasteiger charge is 2.21. The maximum absolute atomic E-state index is 12.4. The van der Waals surface area contributed by atoms with Crippen molar-refractivity contribution in [1.82, 2.24) is 9.80 Å². The summed E-state index contributed by atoms with van der Waals surface area (Å²) in [5, 5.41) is 0.586. The number of halogens is 2. The number of piperazine rings is 1. The van der Waals surface area contributed by atoms with Crippen LogP contribution in [0.25, 0.3) is 0 Å². The number of amides is 1. The van der Waals surface area contributed by atoms with E-state index in [1.807, 2.05) is 11.0 Å². The lowest BCUT2D eigenvalue weighted by molar-refractivity contribution is 0.0637. The molecule has 5 heteroatoms. The molecule has 0 atom stereocenters. The summed E-state index contributed by atoms with van der Waals surface area (Å²) in [5.74, 6) is 0.0688. The molecule has 1 aromatic rings. The van der Waals surface area contributed by atoms with Gasteiger partial charge in [0.05, 0.1) is 0 Å². The fourth-order valence-electron chi connectivity index (χ4n) is 2.35. The van der Waals surface area contributed by atoms with Gasteiger partial charge in [-0.3, -0.25) is 9.69 Å². The molecule has 104 valence electrons. The molecule has 0 aliphatic carbocycles. The molecule has 1 fully saturated rings. The summed E-state index contributed by atoms with van der Waals surface area (Å²) in [6.07, 6.45) is 1.16. The Morgan fingerprint density at radius 2 is 1.95 bits per heavy atom. The van der Waals surface area contributed by atoms with Crippen LogP contribution < -0.4 is 0 Å². The third-order valence-electron chi connectivity index (χ3n) is 3.31. The van der Waals surface area contributed by atoms with Crippen LogP contribution in [0, 0.1) is 0 Å². The maximum Gasteiger partial charge on any atom is 0.254 e. The van der Waals surface area contributed by atoms with Gasteiger partial charge in [0.15, 0.2) is 0 Å². The van der Waals surface area contributed by atoms with E-state index in [9.17, 15) is 4.79 Å². The second-order valence-corrected chi connectivity index (χ2v) is 6.14. The standard InChI is InChI=1S/C14H18BrClN2O/c1-2-3-17-4-6-18(7-5-17)14(19)11-8-12(15)10-13(16)9-11/h8-10H,2-7H2,1H3. The number of hydrogen-bond donors (Lipinski definition) is 0. The molecule has 0 unspecified atom stereocenters. The third-order valence-corrected chi connectivity index (χ3v) is 3.98. The Morgan fingerprint density at radius 1 is 1.26 bits per heavy atom. The van der Waals surface area contributed by atoms with E-state index < -0.39 is 0 Å². The molecule has 1 aliphatic heterocycles. The molecule has 0 aromatic heterocycles. The van der Waals surface area contributed by atoms with E-state index in [0.29, 0.717) is 10.6 Å². The minimum atomic E-state index is 0.0688. The minimum absolute atomic E-state index is 0.0688. The predicted octanol–water partition coefficient (Wildman–Crippen LogP) is 3.27. The first-order valence-electron chi connectivity index (χ1n) is 6.58. The van der Waals surface area contributed by atoms with Gasteiger partial charge >= 0.3 is 0 Å². The zero-order valence-electron chi connectivity index (χ0n) is 11.0. The van der Waals surface area contributed by atoms with E-state index in [0.717, 1.165) is 43.6 Å². The molecule has 0 saturated carbocycles. The van der Waals surface area contributed by atoms with E-state index in [1.54, 1.807) is 12.1 Å². The van der Waals surface area contributed by atoms with Crippen molar-refractivity contribution in [2.45, 2.75) is 13.3 Å². The number of benzene rings is 1. The van der Waals surface area contributed by atoms with Crippen molar-refractivity contribution in [3.63, 3.8) is 0 Å². The van der Waals surface area contributed by atoms with Crippen molar-refractivity contribution in [3.05, 3.63) is 33.3 Å². The Kier molecular flexibility index (Phi) is 5.25. The van der Waals surface area contributed by atoms with Gasteiger partial charge < -0.3 is 4.90 Å². The molecule has 1 saturated heterocycles. The van der Waals surface area contributed by atoms with E-state index >= 15 is 0 Å². The van der Waals surface area contributed by atoms with Gasteiger partial charge in [-0.1, -0.05) is 34.5 Å². The lowest BCUT2D eigenvalue weighted by atomic mass is 10.2. The first-order chi connectivity index (χ1) is 9.10. The molecule has 2 rings (SSSR count). The largest absolute Gasteiger partial charge is 0.336 e. The molecule has 1 aromatic carbocycles. The van der Waals surface area contributed by atoms with Crippen molar-refractivity contribution in [3.8, 4) is 0 Å². The van der Waals surface area contributed by atoms with Crippen LogP contribution in [0.1, 0.15) is 23.7 Å². The summed E-state index contributed by atoms with van der Waals surface area (Å²) in [6, 6.07) is 5.34. The molecule has 1 heterocycles. The van der Waals surface area contributed by atoms with Gasteiger partial charge in [0.2, 0.25) is 0 Å². The van der Waals surface area contributed by atoms with Crippen LogP contribution in [-0.4, -0.2) is 48.4 Å². The summed E-state index contributed by atoms with van der Waals surface area (Å²) >= 11 is 9.36. The van der Waals surface area contributed by atoms with Gasteiger partial charge in [0.25, 0.3) is 5.91 Å². The van der Waals surface area contributed by atoms with Gasteiger partial charge in [-0.25, -0.2) is 0 Å². The van der Waals surface area contributed by atoms with Gasteiger partial charge in [0, 0.05) is 41.2 Å². The minimum Gasteiger partial charge on any atom is -0.336 e. The first kappa shape index (κ1) is 14.8. The fraction of sp³-hybridized carbons (Fsp3) is 0.500. The summed E-state index contributed by atoms with van der Waals surface area (Å²) in [4.78, 5) is 16.7. The molecular formula is C14H18BrClN2O. The maximum atomic E-state index is 12.4. The van der Waals surface area contributed by atoms with Crippen LogP contribution in [0.5, 0.6) is 0 Å². The van der Waals surface area contributed by atoms with Gasteiger partial charge in [0.1, 0.15) is 0 Å². The average Bonchev–Trinajstić information content (AvgIpc) is 2.38. The normalized spacial score (nSPS) is 16.7. The van der Waals surface area contributed by atoms with E-state index in [2.05, 4.69) is 27.8 Å². The Balaban J connectivity index is 2.01. The number of hydrogen-bond acceptors (Lipinski definition) is 2. The van der Waals surface area contributed by atoms with Crippen LogP contribution in [0.15, 0.2) is 22.7 Å². The van der Waals surface area contributed by atoms with Gasteiger partial charge in [-0.15, -0.1) is 0 Å². The van der Waals surface area contributed by atoms with Crippen molar-refractivity contribution < 1.29 is 4.79 Å². The number of carbonyl (C=O) groups is 1. The van der Waals surface area contributed by atoms with E-state index in [-0.39, 0.29) is 5.91 Å². The quantitative estimate of drug-likeness (QED) is 0.839. The van der Waals surface area contributed by atoms with Gasteiger partial charge in [-0.05, 0) is 31.2 Å². The molecule has 0 spiro atoms. The molecule has 3 nitrogen and oxygen atoms in total. The van der Waals surface area contributed by atoms with E-state index in [1.165, 1.54) is 0 Å². The highest BCUT2D eigenvalue weighted by Crippen LogP contribution is 2.21. The fourth-order valence-corrected chi connectivity index (χ4v) is 3.21. The first-order valence-corrected chi connectivity index (χ1v) is 7.75. The van der Waals surface area contributed by atoms with Gasteiger partial charge in [-0.2, -0.15) is 0 Å². The topological polar surface area (TPSA) is 23.6 Å². The smallest absolute Gasteiger partial charge is 0.254 e. The molecular weight excluding hydrogens is 328 g/mol. The number of nitrogens with zero attached hydrogens (tertiary/aromatic N) is 2. The second-order valence-electron chi connectivity index (χ2n) is 4.79. The lowest BCUT2D eigenvalue weighted by Gasteiger charge is -2.34. The number of rotatable bonds is 3. The Labute approximate surface area is 127 Å². The number of carbonyl (C=O) groups excluding carboxylic acids is 1. The summed E-state index contributed by atoms with van der Waals surface area (Å²) in [6.45, 7) is 6.81. The van der Waals surface area contributed by atoms with Crippen LogP contribution in [-0.2, 0) is 0 Å². The summed E-state index contributed by atoms with van der Waals surface area (Å²) in [7, 11) is 0. The van der Waals surface area contributed by atoms with Crippen LogP contribution in [0.3, 0.4) is 0 Å². The van der Waals surface area contributed by atoms with Crippen molar-refractivity contribution in [2.24, 2.45) is 0 Å². The zero-order valence-corrected chi connectivity index (χ0v) is 13.4. The Morgan fingerprint density at radius 3 is 2.53 bits per heavy atom. The predicted molar refractivity (Wildman–Crippen MR) is 81.8 cm³/mol. The van der Waals surface area contributed by atoms with Crippen LogP contribution in [0.4, 0.5) is 0 Å². The SMILES string of the molecule is CCCN1CCN(C(=O)c2cc(Cl)cc(Br)c2)CC1. The Bertz CT molecular complexity index is 439. The summed E-state index contributed by atoms with van der Waals surface area (Å²) in [5.41, 5.74) is 0.656. The molecule has 0 N–H and O–H groups in total. The van der Waals surface area contributed by atoms with Crippen molar-refractivity contribution >= 4 is 33.4 Å². The summed E-state index contributed by atoms with van der Waals surface area (Å²) < 4.78 is 0.841. The van der Waals surface area contributed by atoms with Crippen molar-refractivity contribution in [2.75, 3.05) is 32.7 Å². The molecule has 0 bridgehead atoms. The van der Waals surface area contributed by atoms with Crippen LogP contribution in [0.2, 0.25) is 5.02 Å². The molecule has 1 amide bonds. The second kappa shape index (κ2) is 6.73. The third kappa shape index (κ3) is 3.94. The molecule has 0 radical (unpaired) electrons. The van der Waals surface area contributed by atoms with Crippen molar-refractivity contribution in [1.29, 1.82) is 0 Å².